The summed E-state index contributed by atoms with van der Waals surface area (Å²) >= 11 is 0. The van der Waals surface area contributed by atoms with Crippen LogP contribution in [0.1, 0.15) is 38.3 Å². The van der Waals surface area contributed by atoms with Crippen molar-refractivity contribution >= 4 is 6.08 Å². The van der Waals surface area contributed by atoms with Crippen molar-refractivity contribution in [3.63, 3.8) is 0 Å². The molecule has 0 aliphatic rings. The Kier molecular flexibility index (Phi) is 5.20. The first kappa shape index (κ1) is 15.4. The molecule has 0 radical (unpaired) electrons. The summed E-state index contributed by atoms with van der Waals surface area (Å²) in [6.45, 7) is 6.83. The molecule has 2 rings (SSSR count). The second-order valence-electron chi connectivity index (χ2n) is 6.48. The fourth-order valence-corrected chi connectivity index (χ4v) is 2.74. The van der Waals surface area contributed by atoms with E-state index >= 15 is 0 Å². The van der Waals surface area contributed by atoms with Crippen LogP contribution in [0.5, 0.6) is 0 Å². The van der Waals surface area contributed by atoms with E-state index in [1.54, 1.807) is 0 Å². The minimum atomic E-state index is 0.253. The summed E-state index contributed by atoms with van der Waals surface area (Å²) in [6, 6.07) is 21.1. The molecule has 0 bridgehead atoms. The predicted molar refractivity (Wildman–Crippen MR) is 92.2 cm³/mol. The van der Waals surface area contributed by atoms with Gasteiger partial charge in [-0.3, -0.25) is 0 Å². The van der Waals surface area contributed by atoms with E-state index in [1.807, 2.05) is 6.07 Å². The largest absolute Gasteiger partial charge is 0.121 e. The van der Waals surface area contributed by atoms with Crippen LogP contribution in [-0.2, 0) is 6.42 Å². The van der Waals surface area contributed by atoms with Gasteiger partial charge < -0.3 is 0 Å². The lowest BCUT2D eigenvalue weighted by Crippen LogP contribution is -2.15. The maximum absolute atomic E-state index is 3.43. The molecule has 108 valence electrons. The minimum absolute atomic E-state index is 0.253. The number of rotatable bonds is 5. The van der Waals surface area contributed by atoms with Gasteiger partial charge in [-0.25, -0.2) is 0 Å². The molecule has 0 atom stereocenters. The Bertz CT molecular complexity index is 612. The predicted octanol–water partition coefficient (Wildman–Crippen LogP) is 5.90. The van der Waals surface area contributed by atoms with Crippen LogP contribution in [0.4, 0.5) is 0 Å². The summed E-state index contributed by atoms with van der Waals surface area (Å²) in [4.78, 5) is 0. The van der Waals surface area contributed by atoms with Gasteiger partial charge in [-0.1, -0.05) is 74.5 Å². The fourth-order valence-electron chi connectivity index (χ4n) is 2.74. The number of hydrogen-bond acceptors (Lipinski definition) is 0. The standard InChI is InChI=1S/C21H24/c1-18(14-15-19-10-6-4-7-11-19)16-21(2,3)17-20-12-8-5-9-13-20/h4-13,15H,16-17H2,1-3H3. The van der Waals surface area contributed by atoms with Crippen molar-refractivity contribution in [1.82, 2.24) is 0 Å². The molecular formula is C21H24. The van der Waals surface area contributed by atoms with E-state index in [9.17, 15) is 0 Å². The van der Waals surface area contributed by atoms with Gasteiger partial charge in [0.25, 0.3) is 0 Å². The zero-order valence-corrected chi connectivity index (χ0v) is 13.3. The average molecular weight is 276 g/mol. The SMILES string of the molecule is CC(=C=Cc1ccccc1)CC(C)(C)Cc1ccccc1. The van der Waals surface area contributed by atoms with Gasteiger partial charge in [0.1, 0.15) is 0 Å². The number of allylic oxidation sites excluding steroid dienone is 1. The summed E-state index contributed by atoms with van der Waals surface area (Å²) in [5.74, 6) is 0. The molecule has 0 aromatic heterocycles. The monoisotopic (exact) mass is 276 g/mol. The lowest BCUT2D eigenvalue weighted by atomic mass is 9.80. The van der Waals surface area contributed by atoms with Crippen LogP contribution in [0.3, 0.4) is 0 Å². The molecule has 21 heavy (non-hydrogen) atoms. The molecule has 0 aliphatic carbocycles. The van der Waals surface area contributed by atoms with Gasteiger partial charge in [0, 0.05) is 0 Å². The number of hydrogen-bond donors (Lipinski definition) is 0. The molecule has 0 heteroatoms. The molecule has 0 amide bonds. The van der Waals surface area contributed by atoms with Crippen LogP contribution in [0.2, 0.25) is 0 Å². The first-order chi connectivity index (χ1) is 10.1. The van der Waals surface area contributed by atoms with E-state index in [0.29, 0.717) is 0 Å². The topological polar surface area (TPSA) is 0 Å². The average Bonchev–Trinajstić information content (AvgIpc) is 2.46. The van der Waals surface area contributed by atoms with Gasteiger partial charge in [-0.15, -0.1) is 5.73 Å². The maximum Gasteiger partial charge on any atom is -0.0128 e. The molecular weight excluding hydrogens is 252 g/mol. The molecule has 0 unspecified atom stereocenters. The Morgan fingerprint density at radius 2 is 1.52 bits per heavy atom. The molecule has 0 spiro atoms. The molecule has 0 saturated heterocycles. The summed E-state index contributed by atoms with van der Waals surface area (Å²) in [6.07, 6.45) is 4.23. The van der Waals surface area contributed by atoms with Gasteiger partial charge >= 0.3 is 0 Å². The lowest BCUT2D eigenvalue weighted by molar-refractivity contribution is 0.360. The molecule has 0 heterocycles. The van der Waals surface area contributed by atoms with E-state index in [0.717, 1.165) is 12.8 Å². The Morgan fingerprint density at radius 3 is 2.14 bits per heavy atom. The quantitative estimate of drug-likeness (QED) is 0.596. The third-order valence-corrected chi connectivity index (χ3v) is 3.55. The molecule has 0 aliphatic heterocycles. The van der Waals surface area contributed by atoms with Gasteiger partial charge in [0.2, 0.25) is 0 Å². The van der Waals surface area contributed by atoms with E-state index in [4.69, 9.17) is 0 Å². The first-order valence-electron chi connectivity index (χ1n) is 7.56. The third kappa shape index (κ3) is 5.45. The molecule has 0 fully saturated rings. The van der Waals surface area contributed by atoms with Crippen molar-refractivity contribution in [3.8, 4) is 0 Å². The highest BCUT2D eigenvalue weighted by atomic mass is 14.2. The van der Waals surface area contributed by atoms with Crippen LogP contribution >= 0.6 is 0 Å². The van der Waals surface area contributed by atoms with Crippen molar-refractivity contribution in [2.24, 2.45) is 5.41 Å². The summed E-state index contributed by atoms with van der Waals surface area (Å²) in [7, 11) is 0. The van der Waals surface area contributed by atoms with Crippen LogP contribution in [0.25, 0.3) is 6.08 Å². The highest BCUT2D eigenvalue weighted by Gasteiger charge is 2.18. The van der Waals surface area contributed by atoms with Gasteiger partial charge in [0.15, 0.2) is 0 Å². The summed E-state index contributed by atoms with van der Waals surface area (Å²) in [5.41, 5.74) is 7.60. The Labute approximate surface area is 128 Å². The fraction of sp³-hybridized carbons (Fsp3) is 0.286. The van der Waals surface area contributed by atoms with Crippen molar-refractivity contribution in [2.75, 3.05) is 0 Å². The van der Waals surface area contributed by atoms with Crippen molar-refractivity contribution in [1.29, 1.82) is 0 Å². The second kappa shape index (κ2) is 7.11. The Morgan fingerprint density at radius 1 is 0.952 bits per heavy atom. The van der Waals surface area contributed by atoms with Crippen LogP contribution in [0.15, 0.2) is 72.0 Å². The van der Waals surface area contributed by atoms with E-state index in [2.05, 4.69) is 87.2 Å². The zero-order chi connectivity index (χ0) is 15.1. The van der Waals surface area contributed by atoms with Crippen LogP contribution in [-0.4, -0.2) is 0 Å². The van der Waals surface area contributed by atoms with Crippen molar-refractivity contribution in [3.05, 3.63) is 83.1 Å². The highest BCUT2D eigenvalue weighted by Crippen LogP contribution is 2.29. The molecule has 0 nitrogen and oxygen atoms in total. The van der Waals surface area contributed by atoms with Crippen LogP contribution < -0.4 is 0 Å². The normalized spacial score (nSPS) is 10.8. The highest BCUT2D eigenvalue weighted by molar-refractivity contribution is 5.48. The van der Waals surface area contributed by atoms with Crippen molar-refractivity contribution < 1.29 is 0 Å². The van der Waals surface area contributed by atoms with Gasteiger partial charge in [-0.05, 0) is 48.0 Å². The molecule has 2 aromatic carbocycles. The van der Waals surface area contributed by atoms with E-state index < -0.39 is 0 Å². The van der Waals surface area contributed by atoms with E-state index in [1.165, 1.54) is 16.7 Å². The maximum atomic E-state index is 3.43. The summed E-state index contributed by atoms with van der Waals surface area (Å²) < 4.78 is 0. The van der Waals surface area contributed by atoms with Gasteiger partial charge in [0.05, 0.1) is 0 Å². The minimum Gasteiger partial charge on any atom is -0.121 e. The second-order valence-corrected chi connectivity index (χ2v) is 6.48. The first-order valence-corrected chi connectivity index (χ1v) is 7.56. The van der Waals surface area contributed by atoms with Crippen molar-refractivity contribution in [2.45, 2.75) is 33.6 Å². The molecule has 0 N–H and O–H groups in total. The number of benzene rings is 2. The Balaban J connectivity index is 2.04. The van der Waals surface area contributed by atoms with Crippen LogP contribution in [0, 0.1) is 5.41 Å². The van der Waals surface area contributed by atoms with E-state index in [-0.39, 0.29) is 5.41 Å². The van der Waals surface area contributed by atoms with Gasteiger partial charge in [-0.2, -0.15) is 0 Å². The molecule has 2 aromatic rings. The summed E-state index contributed by atoms with van der Waals surface area (Å²) in [5, 5.41) is 0. The lowest BCUT2D eigenvalue weighted by Gasteiger charge is -2.24. The third-order valence-electron chi connectivity index (χ3n) is 3.55. The zero-order valence-electron chi connectivity index (χ0n) is 13.3. The molecule has 0 saturated carbocycles. The smallest absolute Gasteiger partial charge is 0.0128 e. The Hall–Kier alpha value is -2.04.